The SMILES string of the molecule is CCC1=C(c2ccc(C)cc2)S(=O)(=O)N=C1N1CCC(C(=O)NCCN2CCOCC2)CC1. The van der Waals surface area contributed by atoms with Crippen molar-refractivity contribution in [2.45, 2.75) is 33.1 Å². The van der Waals surface area contributed by atoms with Crippen LogP contribution in [-0.4, -0.2) is 82.4 Å². The average Bonchev–Trinajstić information content (AvgIpc) is 3.10. The molecule has 3 aliphatic heterocycles. The van der Waals surface area contributed by atoms with Crippen molar-refractivity contribution in [1.29, 1.82) is 0 Å². The maximum Gasteiger partial charge on any atom is 0.285 e. The summed E-state index contributed by atoms with van der Waals surface area (Å²) in [4.78, 5) is 17.3. The number of benzene rings is 1. The Balaban J connectivity index is 1.36. The predicted molar refractivity (Wildman–Crippen MR) is 129 cm³/mol. The molecule has 1 aromatic carbocycles. The van der Waals surface area contributed by atoms with E-state index >= 15 is 0 Å². The van der Waals surface area contributed by atoms with Crippen LogP contribution in [0.4, 0.5) is 0 Å². The molecule has 1 amide bonds. The van der Waals surface area contributed by atoms with Crippen molar-refractivity contribution in [3.8, 4) is 0 Å². The van der Waals surface area contributed by atoms with Crippen LogP contribution < -0.4 is 5.32 Å². The number of carbonyl (C=O) groups is 1. The van der Waals surface area contributed by atoms with E-state index in [1.165, 1.54) is 0 Å². The number of nitrogens with one attached hydrogen (secondary N) is 1. The molecule has 1 aromatic rings. The Kier molecular flexibility index (Phi) is 7.51. The number of aryl methyl sites for hydroxylation is 1. The van der Waals surface area contributed by atoms with E-state index in [0.29, 0.717) is 55.2 Å². The minimum atomic E-state index is -3.73. The van der Waals surface area contributed by atoms with E-state index in [1.807, 2.05) is 43.0 Å². The van der Waals surface area contributed by atoms with Crippen molar-refractivity contribution in [2.24, 2.45) is 10.3 Å². The minimum Gasteiger partial charge on any atom is -0.379 e. The quantitative estimate of drug-likeness (QED) is 0.678. The second-order valence-corrected chi connectivity index (χ2v) is 10.5. The van der Waals surface area contributed by atoms with Crippen LogP contribution in [0.3, 0.4) is 0 Å². The van der Waals surface area contributed by atoms with E-state index in [2.05, 4.69) is 14.6 Å². The molecule has 33 heavy (non-hydrogen) atoms. The molecule has 0 atom stereocenters. The zero-order valence-electron chi connectivity index (χ0n) is 19.5. The summed E-state index contributed by atoms with van der Waals surface area (Å²) in [7, 11) is -3.73. The summed E-state index contributed by atoms with van der Waals surface area (Å²) in [5, 5.41) is 3.07. The van der Waals surface area contributed by atoms with Crippen molar-refractivity contribution in [2.75, 3.05) is 52.5 Å². The van der Waals surface area contributed by atoms with Gasteiger partial charge >= 0.3 is 0 Å². The van der Waals surface area contributed by atoms with Gasteiger partial charge < -0.3 is 15.0 Å². The number of rotatable bonds is 6. The van der Waals surface area contributed by atoms with Crippen LogP contribution in [-0.2, 0) is 19.6 Å². The molecule has 0 aliphatic carbocycles. The Bertz CT molecular complexity index is 1020. The van der Waals surface area contributed by atoms with E-state index in [0.717, 1.165) is 44.0 Å². The number of amides is 1. The molecule has 2 fully saturated rings. The van der Waals surface area contributed by atoms with Gasteiger partial charge in [0.2, 0.25) is 5.91 Å². The number of piperidine rings is 1. The van der Waals surface area contributed by atoms with Crippen molar-refractivity contribution in [1.82, 2.24) is 15.1 Å². The Morgan fingerprint density at radius 2 is 1.79 bits per heavy atom. The van der Waals surface area contributed by atoms with Crippen LogP contribution in [0.15, 0.2) is 34.2 Å². The number of hydrogen-bond donors (Lipinski definition) is 1. The lowest BCUT2D eigenvalue weighted by Crippen LogP contribution is -2.45. The number of sulfonamides is 1. The van der Waals surface area contributed by atoms with E-state index in [4.69, 9.17) is 4.74 Å². The highest BCUT2D eigenvalue weighted by molar-refractivity contribution is 8.00. The van der Waals surface area contributed by atoms with Gasteiger partial charge in [0.25, 0.3) is 10.0 Å². The molecule has 0 spiro atoms. The molecule has 0 saturated carbocycles. The molecule has 0 aromatic heterocycles. The lowest BCUT2D eigenvalue weighted by molar-refractivity contribution is -0.126. The molecule has 8 nitrogen and oxygen atoms in total. The lowest BCUT2D eigenvalue weighted by atomic mass is 9.95. The third-order valence-corrected chi connectivity index (χ3v) is 8.08. The Morgan fingerprint density at radius 1 is 1.12 bits per heavy atom. The van der Waals surface area contributed by atoms with Crippen LogP contribution in [0, 0.1) is 12.8 Å². The summed E-state index contributed by atoms with van der Waals surface area (Å²) in [5.74, 6) is 0.602. The number of likely N-dealkylation sites (tertiary alicyclic amines) is 1. The standard InChI is InChI=1S/C24H34N4O4S/c1-3-21-22(19-6-4-18(2)5-7-19)33(30,31)26-23(21)28-11-8-20(9-12-28)24(29)25-10-13-27-14-16-32-17-15-27/h4-7,20H,3,8-17H2,1-2H3,(H,25,29). The van der Waals surface area contributed by atoms with E-state index in [9.17, 15) is 13.2 Å². The average molecular weight is 475 g/mol. The Morgan fingerprint density at radius 3 is 2.42 bits per heavy atom. The zero-order chi connectivity index (χ0) is 23.4. The topological polar surface area (TPSA) is 91.3 Å². The maximum atomic E-state index is 12.9. The first kappa shape index (κ1) is 23.9. The minimum absolute atomic E-state index is 0.0461. The fourth-order valence-corrected chi connectivity index (χ4v) is 6.25. The molecule has 3 heterocycles. The summed E-state index contributed by atoms with van der Waals surface area (Å²) < 4.78 is 35.4. The third kappa shape index (κ3) is 5.47. The third-order valence-electron chi connectivity index (χ3n) is 6.67. The molecule has 4 rings (SSSR count). The van der Waals surface area contributed by atoms with Gasteiger partial charge in [0.15, 0.2) is 0 Å². The smallest absolute Gasteiger partial charge is 0.285 e. The van der Waals surface area contributed by atoms with Gasteiger partial charge in [-0.15, -0.1) is 4.40 Å². The van der Waals surface area contributed by atoms with Gasteiger partial charge in [-0.1, -0.05) is 36.8 Å². The first-order valence-corrected chi connectivity index (χ1v) is 13.3. The molecule has 0 unspecified atom stereocenters. The summed E-state index contributed by atoms with van der Waals surface area (Å²) in [6.07, 6.45) is 1.97. The van der Waals surface area contributed by atoms with E-state index in [-0.39, 0.29) is 11.8 Å². The fraction of sp³-hybridized carbons (Fsp3) is 0.583. The maximum absolute atomic E-state index is 12.9. The van der Waals surface area contributed by atoms with Crippen LogP contribution in [0.2, 0.25) is 0 Å². The number of ether oxygens (including phenoxy) is 1. The number of nitrogens with zero attached hydrogens (tertiary/aromatic N) is 3. The Labute approximate surface area is 196 Å². The van der Waals surface area contributed by atoms with E-state index < -0.39 is 10.0 Å². The van der Waals surface area contributed by atoms with Crippen LogP contribution in [0.25, 0.3) is 4.91 Å². The first-order chi connectivity index (χ1) is 15.9. The Hall–Kier alpha value is -2.23. The second kappa shape index (κ2) is 10.4. The number of amidine groups is 1. The normalized spacial score (nSPS) is 21.9. The van der Waals surface area contributed by atoms with Crippen molar-refractivity contribution in [3.63, 3.8) is 0 Å². The van der Waals surface area contributed by atoms with E-state index in [1.54, 1.807) is 0 Å². The summed E-state index contributed by atoms with van der Waals surface area (Å²) in [6.45, 7) is 10.0. The zero-order valence-corrected chi connectivity index (χ0v) is 20.4. The van der Waals surface area contributed by atoms with Gasteiger partial charge in [0.1, 0.15) is 10.7 Å². The predicted octanol–water partition coefficient (Wildman–Crippen LogP) is 2.02. The van der Waals surface area contributed by atoms with Crippen molar-refractivity contribution >= 4 is 26.7 Å². The highest BCUT2D eigenvalue weighted by atomic mass is 32.2. The van der Waals surface area contributed by atoms with Crippen LogP contribution in [0.1, 0.15) is 37.3 Å². The summed E-state index contributed by atoms with van der Waals surface area (Å²) in [5.41, 5.74) is 2.54. The van der Waals surface area contributed by atoms with Gasteiger partial charge in [0, 0.05) is 50.8 Å². The molecule has 1 N–H and O–H groups in total. The molecule has 3 aliphatic rings. The molecular formula is C24H34N4O4S. The number of hydrogen-bond acceptors (Lipinski definition) is 6. The van der Waals surface area contributed by atoms with Crippen molar-refractivity contribution in [3.05, 3.63) is 41.0 Å². The highest BCUT2D eigenvalue weighted by Crippen LogP contribution is 2.36. The van der Waals surface area contributed by atoms with Gasteiger partial charge in [-0.25, -0.2) is 0 Å². The first-order valence-electron chi connectivity index (χ1n) is 11.9. The molecule has 9 heteroatoms. The molecule has 0 bridgehead atoms. The van der Waals surface area contributed by atoms with Crippen LogP contribution >= 0.6 is 0 Å². The summed E-state index contributed by atoms with van der Waals surface area (Å²) in [6, 6.07) is 7.55. The number of morpholine rings is 1. The second-order valence-electron chi connectivity index (χ2n) is 8.92. The van der Waals surface area contributed by atoms with Crippen molar-refractivity contribution < 1.29 is 17.9 Å². The molecule has 0 radical (unpaired) electrons. The van der Waals surface area contributed by atoms with Gasteiger partial charge in [-0.3, -0.25) is 9.69 Å². The van der Waals surface area contributed by atoms with Crippen LogP contribution in [0.5, 0.6) is 0 Å². The number of carbonyl (C=O) groups excluding carboxylic acids is 1. The summed E-state index contributed by atoms with van der Waals surface area (Å²) >= 11 is 0. The molecule has 2 saturated heterocycles. The van der Waals surface area contributed by atoms with Gasteiger partial charge in [0.05, 0.1) is 13.2 Å². The van der Waals surface area contributed by atoms with Gasteiger partial charge in [-0.05, 0) is 31.7 Å². The monoisotopic (exact) mass is 474 g/mol. The largest absolute Gasteiger partial charge is 0.379 e. The van der Waals surface area contributed by atoms with Gasteiger partial charge in [-0.2, -0.15) is 8.42 Å². The molecule has 180 valence electrons. The fourth-order valence-electron chi connectivity index (χ4n) is 4.73. The molecular weight excluding hydrogens is 440 g/mol. The highest BCUT2D eigenvalue weighted by Gasteiger charge is 2.36. The lowest BCUT2D eigenvalue weighted by Gasteiger charge is -2.33.